The van der Waals surface area contributed by atoms with Gasteiger partial charge >= 0.3 is 12.4 Å². The fraction of sp³-hybridized carbons (Fsp3) is 0.250. The molecule has 180 valence electrons. The quantitative estimate of drug-likeness (QED) is 0.349. The molecule has 34 heavy (non-hydrogen) atoms. The second-order valence-corrected chi connectivity index (χ2v) is 7.34. The molecule has 3 rings (SSSR count). The van der Waals surface area contributed by atoms with Gasteiger partial charge in [0.1, 0.15) is 17.2 Å². The van der Waals surface area contributed by atoms with E-state index in [1.165, 1.54) is 18.3 Å². The zero-order chi connectivity index (χ0) is 24.8. The first kappa shape index (κ1) is 24.8. The maximum absolute atomic E-state index is 12.5. The normalized spacial score (nSPS) is 11.6. The van der Waals surface area contributed by atoms with E-state index >= 15 is 0 Å². The first-order chi connectivity index (χ1) is 16.1. The van der Waals surface area contributed by atoms with E-state index in [9.17, 15) is 23.1 Å². The van der Waals surface area contributed by atoms with Gasteiger partial charge in [0.2, 0.25) is 5.88 Å². The topological polar surface area (TPSA) is 92.7 Å². The Kier molecular flexibility index (Phi) is 7.62. The van der Waals surface area contributed by atoms with Crippen molar-refractivity contribution in [3.05, 3.63) is 72.4 Å². The number of pyridine rings is 1. The van der Waals surface area contributed by atoms with Crippen LogP contribution in [0.15, 0.2) is 66.9 Å². The molecular weight excluding hydrogens is 451 g/mol. The van der Waals surface area contributed by atoms with E-state index in [2.05, 4.69) is 20.4 Å². The molecule has 2 amide bonds. The molecule has 0 aliphatic heterocycles. The summed E-state index contributed by atoms with van der Waals surface area (Å²) in [5, 5.41) is 16.1. The van der Waals surface area contributed by atoms with Gasteiger partial charge in [0.15, 0.2) is 0 Å². The van der Waals surface area contributed by atoms with Gasteiger partial charge in [-0.2, -0.15) is 0 Å². The van der Waals surface area contributed by atoms with Crippen LogP contribution in [0, 0.1) is 0 Å². The highest BCUT2D eigenvalue weighted by Gasteiger charge is 2.31. The highest BCUT2D eigenvalue weighted by Crippen LogP contribution is 2.38. The lowest BCUT2D eigenvalue weighted by Crippen LogP contribution is -2.24. The Labute approximate surface area is 194 Å². The molecule has 7 nitrogen and oxygen atoms in total. The molecule has 0 bridgehead atoms. The molecule has 0 saturated heterocycles. The minimum absolute atomic E-state index is 0.105. The number of carbonyl (C=O) groups excluding carboxylic acids is 1. The molecule has 0 aliphatic rings. The van der Waals surface area contributed by atoms with Crippen LogP contribution in [0.1, 0.15) is 32.3 Å². The van der Waals surface area contributed by atoms with Gasteiger partial charge in [0.25, 0.3) is 0 Å². The van der Waals surface area contributed by atoms with E-state index < -0.39 is 23.7 Å². The van der Waals surface area contributed by atoms with E-state index in [4.69, 9.17) is 4.74 Å². The van der Waals surface area contributed by atoms with Crippen molar-refractivity contribution in [3.8, 4) is 17.4 Å². The number of aromatic nitrogens is 1. The summed E-state index contributed by atoms with van der Waals surface area (Å²) < 4.78 is 46.6. The van der Waals surface area contributed by atoms with Crippen LogP contribution in [0.4, 0.5) is 29.3 Å². The number of urea groups is 1. The Bertz CT molecular complexity index is 1120. The van der Waals surface area contributed by atoms with Crippen molar-refractivity contribution >= 4 is 17.4 Å². The minimum atomic E-state index is -4.80. The lowest BCUT2D eigenvalue weighted by molar-refractivity contribution is -0.274. The lowest BCUT2D eigenvalue weighted by Gasteiger charge is -2.27. The third kappa shape index (κ3) is 6.38. The number of amides is 2. The zero-order valence-electron chi connectivity index (χ0n) is 18.5. The number of ether oxygens (including phenoxy) is 2. The summed E-state index contributed by atoms with van der Waals surface area (Å²) in [5.74, 6) is 0.101. The van der Waals surface area contributed by atoms with E-state index in [0.29, 0.717) is 24.2 Å². The number of benzene rings is 2. The van der Waals surface area contributed by atoms with Crippen LogP contribution in [0.2, 0.25) is 0 Å². The number of anilines is 2. The van der Waals surface area contributed by atoms with Crippen molar-refractivity contribution in [2.24, 2.45) is 0 Å². The number of alkyl halides is 3. The number of halogens is 3. The molecule has 0 aliphatic carbocycles. The smallest absolute Gasteiger partial charge is 0.437 e. The van der Waals surface area contributed by atoms with Crippen LogP contribution in [0.3, 0.4) is 0 Å². The Morgan fingerprint density at radius 2 is 1.65 bits per heavy atom. The third-order valence-electron chi connectivity index (χ3n) is 5.13. The van der Waals surface area contributed by atoms with Gasteiger partial charge in [-0.3, -0.25) is 0 Å². The molecular formula is C24H24F3N3O4. The maximum atomic E-state index is 12.5. The first-order valence-corrected chi connectivity index (χ1v) is 10.5. The molecule has 1 heterocycles. The Morgan fingerprint density at radius 3 is 2.29 bits per heavy atom. The molecule has 0 atom stereocenters. The van der Waals surface area contributed by atoms with Crippen LogP contribution in [-0.4, -0.2) is 22.5 Å². The van der Waals surface area contributed by atoms with E-state index in [-0.39, 0.29) is 17.3 Å². The van der Waals surface area contributed by atoms with Gasteiger partial charge in [-0.15, -0.1) is 13.2 Å². The van der Waals surface area contributed by atoms with Crippen molar-refractivity contribution in [3.63, 3.8) is 0 Å². The standard InChI is InChI=1S/C24H24F3N3O4/c1-3-23(32,4-2)18-8-5-6-10-20(18)33-21-19(9-7-15-28-21)30-22(31)29-16-11-13-17(14-12-16)34-24(25,26)27/h5-15,32H,3-4H2,1-2H3,(H2,29,30,31). The maximum Gasteiger partial charge on any atom is 0.573 e. The molecule has 10 heteroatoms. The summed E-state index contributed by atoms with van der Waals surface area (Å²) in [7, 11) is 0. The summed E-state index contributed by atoms with van der Waals surface area (Å²) >= 11 is 0. The van der Waals surface area contributed by atoms with Crippen molar-refractivity contribution < 1.29 is 32.5 Å². The number of aliphatic hydroxyl groups is 1. The number of carbonyl (C=O) groups is 1. The predicted octanol–water partition coefficient (Wildman–Crippen LogP) is 6.42. The predicted molar refractivity (Wildman–Crippen MR) is 121 cm³/mol. The second kappa shape index (κ2) is 10.4. The van der Waals surface area contributed by atoms with Crippen LogP contribution in [-0.2, 0) is 5.60 Å². The fourth-order valence-electron chi connectivity index (χ4n) is 3.27. The van der Waals surface area contributed by atoms with E-state index in [1.54, 1.807) is 36.4 Å². The van der Waals surface area contributed by atoms with Crippen molar-refractivity contribution in [1.82, 2.24) is 4.98 Å². The Balaban J connectivity index is 1.74. The summed E-state index contributed by atoms with van der Waals surface area (Å²) in [6.07, 6.45) is -2.35. The molecule has 0 radical (unpaired) electrons. The summed E-state index contributed by atoms with van der Waals surface area (Å²) in [4.78, 5) is 16.6. The number of nitrogens with zero attached hydrogens (tertiary/aromatic N) is 1. The van der Waals surface area contributed by atoms with Gasteiger partial charge in [-0.1, -0.05) is 32.0 Å². The molecule has 0 fully saturated rings. The average molecular weight is 475 g/mol. The molecule has 3 aromatic rings. The van der Waals surface area contributed by atoms with Crippen LogP contribution in [0.5, 0.6) is 17.4 Å². The number of hydrogen-bond donors (Lipinski definition) is 3. The van der Waals surface area contributed by atoms with Crippen LogP contribution < -0.4 is 20.1 Å². The third-order valence-corrected chi connectivity index (χ3v) is 5.13. The summed E-state index contributed by atoms with van der Waals surface area (Å²) in [6, 6.07) is 14.3. The SMILES string of the molecule is CCC(O)(CC)c1ccccc1Oc1ncccc1NC(=O)Nc1ccc(OC(F)(F)F)cc1. The molecule has 0 spiro atoms. The fourth-order valence-corrected chi connectivity index (χ4v) is 3.27. The first-order valence-electron chi connectivity index (χ1n) is 10.5. The second-order valence-electron chi connectivity index (χ2n) is 7.34. The van der Waals surface area contributed by atoms with Crippen LogP contribution in [0.25, 0.3) is 0 Å². The van der Waals surface area contributed by atoms with Gasteiger partial charge in [0.05, 0.1) is 5.60 Å². The number of nitrogens with one attached hydrogen (secondary N) is 2. The average Bonchev–Trinajstić information content (AvgIpc) is 2.80. The van der Waals surface area contributed by atoms with E-state index in [0.717, 1.165) is 12.1 Å². The van der Waals surface area contributed by atoms with Crippen molar-refractivity contribution in [2.45, 2.75) is 38.7 Å². The monoisotopic (exact) mass is 475 g/mol. The number of para-hydroxylation sites is 1. The Morgan fingerprint density at radius 1 is 0.971 bits per heavy atom. The van der Waals surface area contributed by atoms with Crippen LogP contribution >= 0.6 is 0 Å². The van der Waals surface area contributed by atoms with Gasteiger partial charge in [-0.25, -0.2) is 9.78 Å². The van der Waals surface area contributed by atoms with Crippen molar-refractivity contribution in [1.29, 1.82) is 0 Å². The highest BCUT2D eigenvalue weighted by molar-refractivity contribution is 6.00. The molecule has 0 saturated carbocycles. The summed E-state index contributed by atoms with van der Waals surface area (Å²) in [5.41, 5.74) is 0.0171. The minimum Gasteiger partial charge on any atom is -0.437 e. The number of hydrogen-bond acceptors (Lipinski definition) is 5. The van der Waals surface area contributed by atoms with E-state index in [1.807, 2.05) is 13.8 Å². The Hall–Kier alpha value is -3.79. The van der Waals surface area contributed by atoms with Gasteiger partial charge in [0, 0.05) is 17.4 Å². The van der Waals surface area contributed by atoms with Gasteiger partial charge < -0.3 is 25.2 Å². The molecule has 3 N–H and O–H groups in total. The zero-order valence-corrected chi connectivity index (χ0v) is 18.5. The lowest BCUT2D eigenvalue weighted by atomic mass is 9.88. The largest absolute Gasteiger partial charge is 0.573 e. The van der Waals surface area contributed by atoms with Crippen molar-refractivity contribution in [2.75, 3.05) is 10.6 Å². The number of rotatable bonds is 8. The molecule has 0 unspecified atom stereocenters. The highest BCUT2D eigenvalue weighted by atomic mass is 19.4. The summed E-state index contributed by atoms with van der Waals surface area (Å²) in [6.45, 7) is 3.75. The molecule has 2 aromatic carbocycles. The molecule has 1 aromatic heterocycles. The van der Waals surface area contributed by atoms with Gasteiger partial charge in [-0.05, 0) is 55.3 Å².